The second kappa shape index (κ2) is 7.23. The molecule has 25 heavy (non-hydrogen) atoms. The van der Waals surface area contributed by atoms with Crippen LogP contribution >= 0.6 is 0 Å². The molecule has 4 rings (SSSR count). The molecule has 0 amide bonds. The number of hydrogen-bond donors (Lipinski definition) is 1. The van der Waals surface area contributed by atoms with E-state index in [-0.39, 0.29) is 11.1 Å². The molecule has 2 aliphatic rings. The number of nitrogens with one attached hydrogen (secondary N) is 1. The van der Waals surface area contributed by atoms with E-state index in [4.69, 9.17) is 0 Å². The molecule has 7 heteroatoms. The van der Waals surface area contributed by atoms with Crippen molar-refractivity contribution in [1.29, 1.82) is 0 Å². The molecule has 2 heterocycles. The second-order valence-corrected chi connectivity index (χ2v) is 8.01. The van der Waals surface area contributed by atoms with Crippen molar-refractivity contribution in [2.24, 2.45) is 0 Å². The Morgan fingerprint density at radius 1 is 0.680 bits per heavy atom. The van der Waals surface area contributed by atoms with Gasteiger partial charge in [0, 0.05) is 23.5 Å². The fourth-order valence-electron chi connectivity index (χ4n) is 4.92. The molecule has 0 spiro atoms. The molecule has 0 aromatic carbocycles. The van der Waals surface area contributed by atoms with Crippen LogP contribution in [-0.2, 0) is 13.1 Å². The van der Waals surface area contributed by atoms with Crippen molar-refractivity contribution in [2.75, 3.05) is 0 Å². The maximum atomic E-state index is 4.25. The van der Waals surface area contributed by atoms with Gasteiger partial charge in [-0.25, -0.2) is 0 Å². The van der Waals surface area contributed by atoms with Crippen LogP contribution < -0.4 is 5.32 Å². The minimum atomic E-state index is 0.115. The maximum absolute atomic E-state index is 4.25. The molecular formula is C18H29N7. The Balaban J connectivity index is 1.58. The first-order chi connectivity index (χ1) is 12.3. The molecule has 2 aromatic heterocycles. The predicted molar refractivity (Wildman–Crippen MR) is 94.8 cm³/mol. The summed E-state index contributed by atoms with van der Waals surface area (Å²) >= 11 is 0. The topological polar surface area (TPSA) is 73.5 Å². The van der Waals surface area contributed by atoms with Crippen molar-refractivity contribution < 1.29 is 0 Å². The standard InChI is InChI=1S/C18H29N7/c1-3-7-17(8-4-1,15-24-13-11-19-22-24)21-18(9-5-2-6-10-18)16-25-14-12-20-23-25/h11-14,21H,1-10,15-16H2. The highest BCUT2D eigenvalue weighted by Crippen LogP contribution is 2.37. The monoisotopic (exact) mass is 343 g/mol. The zero-order valence-electron chi connectivity index (χ0n) is 15.0. The summed E-state index contributed by atoms with van der Waals surface area (Å²) in [6.45, 7) is 1.82. The first-order valence-electron chi connectivity index (χ1n) is 9.75. The molecular weight excluding hydrogens is 314 g/mol. The summed E-state index contributed by atoms with van der Waals surface area (Å²) in [6.07, 6.45) is 20.3. The van der Waals surface area contributed by atoms with Crippen LogP contribution in [0.1, 0.15) is 64.2 Å². The lowest BCUT2D eigenvalue weighted by atomic mass is 9.75. The van der Waals surface area contributed by atoms with Crippen molar-refractivity contribution in [3.05, 3.63) is 24.8 Å². The first-order valence-corrected chi connectivity index (χ1v) is 9.75. The van der Waals surface area contributed by atoms with Crippen molar-refractivity contribution in [2.45, 2.75) is 88.4 Å². The summed E-state index contributed by atoms with van der Waals surface area (Å²) in [4.78, 5) is 0. The molecule has 0 radical (unpaired) electrons. The summed E-state index contributed by atoms with van der Waals surface area (Å²) < 4.78 is 4.01. The van der Waals surface area contributed by atoms with Gasteiger partial charge in [0.2, 0.25) is 0 Å². The highest BCUT2D eigenvalue weighted by Gasteiger charge is 2.42. The third-order valence-electron chi connectivity index (χ3n) is 6.02. The Hall–Kier alpha value is -1.76. The van der Waals surface area contributed by atoms with Gasteiger partial charge in [0.25, 0.3) is 0 Å². The van der Waals surface area contributed by atoms with Crippen molar-refractivity contribution >= 4 is 0 Å². The Bertz CT molecular complexity index is 566. The van der Waals surface area contributed by atoms with Gasteiger partial charge in [-0.2, -0.15) is 0 Å². The van der Waals surface area contributed by atoms with Gasteiger partial charge < -0.3 is 5.32 Å². The normalized spacial score (nSPS) is 22.7. The summed E-state index contributed by atoms with van der Waals surface area (Å²) in [5.41, 5.74) is 0.230. The van der Waals surface area contributed by atoms with Crippen molar-refractivity contribution in [1.82, 2.24) is 35.3 Å². The number of nitrogens with zero attached hydrogens (tertiary/aromatic N) is 6. The minimum absolute atomic E-state index is 0.115. The quantitative estimate of drug-likeness (QED) is 0.872. The van der Waals surface area contributed by atoms with Crippen LogP contribution in [-0.4, -0.2) is 41.1 Å². The largest absolute Gasteiger partial charge is 0.302 e. The van der Waals surface area contributed by atoms with Gasteiger partial charge in [-0.3, -0.25) is 9.36 Å². The van der Waals surface area contributed by atoms with Crippen LogP contribution in [0.5, 0.6) is 0 Å². The first kappa shape index (κ1) is 16.7. The third-order valence-corrected chi connectivity index (χ3v) is 6.02. The van der Waals surface area contributed by atoms with Crippen LogP contribution in [0.3, 0.4) is 0 Å². The molecule has 0 saturated heterocycles. The van der Waals surface area contributed by atoms with E-state index in [9.17, 15) is 0 Å². The van der Waals surface area contributed by atoms with E-state index in [2.05, 4.69) is 25.9 Å². The molecule has 0 atom stereocenters. The second-order valence-electron chi connectivity index (χ2n) is 8.01. The van der Waals surface area contributed by atoms with Crippen LogP contribution in [0.15, 0.2) is 24.8 Å². The fourth-order valence-corrected chi connectivity index (χ4v) is 4.92. The Morgan fingerprint density at radius 3 is 1.48 bits per heavy atom. The molecule has 2 saturated carbocycles. The van der Waals surface area contributed by atoms with Crippen molar-refractivity contribution in [3.8, 4) is 0 Å². The minimum Gasteiger partial charge on any atom is -0.302 e. The smallest absolute Gasteiger partial charge is 0.0692 e. The summed E-state index contributed by atoms with van der Waals surface area (Å²) in [7, 11) is 0. The summed E-state index contributed by atoms with van der Waals surface area (Å²) in [5, 5.41) is 20.7. The molecule has 136 valence electrons. The summed E-state index contributed by atoms with van der Waals surface area (Å²) in [5.74, 6) is 0. The van der Waals surface area contributed by atoms with Crippen LogP contribution in [0.25, 0.3) is 0 Å². The Kier molecular flexibility index (Phi) is 4.83. The average molecular weight is 343 g/mol. The van der Waals surface area contributed by atoms with Crippen molar-refractivity contribution in [3.63, 3.8) is 0 Å². The van der Waals surface area contributed by atoms with E-state index in [0.29, 0.717) is 0 Å². The average Bonchev–Trinajstić information content (AvgIpc) is 3.30. The van der Waals surface area contributed by atoms with Crippen LogP contribution in [0.2, 0.25) is 0 Å². The fraction of sp³-hybridized carbons (Fsp3) is 0.778. The predicted octanol–water partition coefficient (Wildman–Crippen LogP) is 2.57. The van der Waals surface area contributed by atoms with Crippen LogP contribution in [0.4, 0.5) is 0 Å². The molecule has 0 bridgehead atoms. The molecule has 0 unspecified atom stereocenters. The maximum Gasteiger partial charge on any atom is 0.0692 e. The molecule has 2 fully saturated rings. The van der Waals surface area contributed by atoms with Gasteiger partial charge in [0.15, 0.2) is 0 Å². The lowest BCUT2D eigenvalue weighted by Crippen LogP contribution is -2.62. The SMILES string of the molecule is c1cn(CC2(NC3(Cn4ccnn4)CCCCC3)CCCCC2)nn1. The molecule has 2 aliphatic carbocycles. The Labute approximate surface area is 149 Å². The lowest BCUT2D eigenvalue weighted by Gasteiger charge is -2.48. The molecule has 0 aliphatic heterocycles. The highest BCUT2D eigenvalue weighted by atomic mass is 15.4. The van der Waals surface area contributed by atoms with Gasteiger partial charge in [0.05, 0.1) is 25.5 Å². The van der Waals surface area contributed by atoms with E-state index in [1.807, 2.05) is 21.8 Å². The molecule has 7 nitrogen and oxygen atoms in total. The third kappa shape index (κ3) is 3.92. The van der Waals surface area contributed by atoms with E-state index in [1.54, 1.807) is 12.4 Å². The van der Waals surface area contributed by atoms with E-state index < -0.39 is 0 Å². The lowest BCUT2D eigenvalue weighted by molar-refractivity contribution is 0.0868. The zero-order valence-corrected chi connectivity index (χ0v) is 15.0. The van der Waals surface area contributed by atoms with Gasteiger partial charge in [-0.05, 0) is 25.7 Å². The number of rotatable bonds is 6. The number of aromatic nitrogens is 6. The number of hydrogen-bond acceptors (Lipinski definition) is 5. The van der Waals surface area contributed by atoms with Gasteiger partial charge in [0.1, 0.15) is 0 Å². The summed E-state index contributed by atoms with van der Waals surface area (Å²) in [6, 6.07) is 0. The highest BCUT2D eigenvalue weighted by molar-refractivity contribution is 5.01. The van der Waals surface area contributed by atoms with Gasteiger partial charge >= 0.3 is 0 Å². The van der Waals surface area contributed by atoms with E-state index in [1.165, 1.54) is 64.2 Å². The van der Waals surface area contributed by atoms with E-state index in [0.717, 1.165) is 13.1 Å². The zero-order chi connectivity index (χ0) is 17.0. The van der Waals surface area contributed by atoms with E-state index >= 15 is 0 Å². The molecule has 2 aromatic rings. The Morgan fingerprint density at radius 2 is 1.12 bits per heavy atom. The van der Waals surface area contributed by atoms with Gasteiger partial charge in [-0.1, -0.05) is 49.0 Å². The van der Waals surface area contributed by atoms with Gasteiger partial charge in [-0.15, -0.1) is 10.2 Å². The molecule has 1 N–H and O–H groups in total. The van der Waals surface area contributed by atoms with Crippen LogP contribution in [0, 0.1) is 0 Å².